The molecule has 0 saturated carbocycles. The molecule has 0 amide bonds. The summed E-state index contributed by atoms with van der Waals surface area (Å²) in [4.78, 5) is 0. The molecule has 0 saturated heterocycles. The minimum atomic E-state index is -0.0104. The summed E-state index contributed by atoms with van der Waals surface area (Å²) in [5.74, 6) is 2.19. The zero-order valence-corrected chi connectivity index (χ0v) is 11.1. The van der Waals surface area contributed by atoms with Gasteiger partial charge in [0, 0.05) is 12.6 Å². The second kappa shape index (κ2) is 4.91. The molecule has 1 aromatic heterocycles. The largest absolute Gasteiger partial charge is 0.493 e. The molecule has 0 aliphatic carbocycles. The summed E-state index contributed by atoms with van der Waals surface area (Å²) < 4.78 is 11.0. The van der Waals surface area contributed by atoms with Gasteiger partial charge in [-0.3, -0.25) is 0 Å². The van der Waals surface area contributed by atoms with Gasteiger partial charge >= 0.3 is 0 Å². The van der Waals surface area contributed by atoms with Gasteiger partial charge in [-0.15, -0.1) is 10.2 Å². The highest BCUT2D eigenvalue weighted by molar-refractivity contribution is 5.52. The number of aromatic nitrogens is 2. The molecule has 5 nitrogen and oxygen atoms in total. The number of rotatable bonds is 3. The molecule has 100 valence electrons. The lowest BCUT2D eigenvalue weighted by atomic mass is 10.1. The van der Waals surface area contributed by atoms with E-state index in [2.05, 4.69) is 21.6 Å². The Labute approximate surface area is 112 Å². The first-order valence-electron chi connectivity index (χ1n) is 6.54. The molecular weight excluding hydrogens is 242 g/mol. The van der Waals surface area contributed by atoms with Gasteiger partial charge in [0.15, 0.2) is 0 Å². The van der Waals surface area contributed by atoms with Crippen molar-refractivity contribution in [3.63, 3.8) is 0 Å². The third kappa shape index (κ3) is 2.54. The van der Waals surface area contributed by atoms with Crippen molar-refractivity contribution in [2.75, 3.05) is 11.9 Å². The van der Waals surface area contributed by atoms with E-state index in [1.54, 1.807) is 6.92 Å². The van der Waals surface area contributed by atoms with Gasteiger partial charge in [0.1, 0.15) is 11.8 Å². The topological polar surface area (TPSA) is 60.2 Å². The minimum absolute atomic E-state index is 0.0104. The normalized spacial score (nSPS) is 15.5. The Morgan fingerprint density at radius 2 is 2.21 bits per heavy atom. The highest BCUT2D eigenvalue weighted by atomic mass is 16.5. The molecule has 0 unspecified atom stereocenters. The van der Waals surface area contributed by atoms with Crippen molar-refractivity contribution in [1.29, 1.82) is 0 Å². The number of ether oxygens (including phenoxy) is 1. The summed E-state index contributed by atoms with van der Waals surface area (Å²) in [6, 6.07) is 6.16. The average Bonchev–Trinajstić information content (AvgIpc) is 2.85. The number of hydrogen-bond acceptors (Lipinski definition) is 5. The minimum Gasteiger partial charge on any atom is -0.493 e. The van der Waals surface area contributed by atoms with Crippen molar-refractivity contribution in [2.24, 2.45) is 0 Å². The maximum atomic E-state index is 5.60. The Hall–Kier alpha value is -2.04. The van der Waals surface area contributed by atoms with Gasteiger partial charge in [-0.1, -0.05) is 0 Å². The van der Waals surface area contributed by atoms with Crippen LogP contribution in [0.25, 0.3) is 0 Å². The average molecular weight is 259 g/mol. The number of anilines is 1. The van der Waals surface area contributed by atoms with Crippen LogP contribution in [0, 0.1) is 6.92 Å². The molecule has 1 N–H and O–H groups in total. The third-order valence-corrected chi connectivity index (χ3v) is 3.20. The highest BCUT2D eigenvalue weighted by Crippen LogP contribution is 2.29. The number of benzene rings is 1. The molecule has 1 aliphatic rings. The van der Waals surface area contributed by atoms with E-state index in [1.165, 1.54) is 5.56 Å². The molecule has 0 fully saturated rings. The van der Waals surface area contributed by atoms with Crippen molar-refractivity contribution < 1.29 is 9.15 Å². The van der Waals surface area contributed by atoms with E-state index in [9.17, 15) is 0 Å². The zero-order chi connectivity index (χ0) is 13.2. The second-order valence-electron chi connectivity index (χ2n) is 4.80. The van der Waals surface area contributed by atoms with Gasteiger partial charge in [-0.25, -0.2) is 0 Å². The maximum absolute atomic E-state index is 5.60. The lowest BCUT2D eigenvalue weighted by molar-refractivity contribution is 0.288. The number of nitrogens with one attached hydrogen (secondary N) is 1. The monoisotopic (exact) mass is 259 g/mol. The lowest BCUT2D eigenvalue weighted by Crippen LogP contribution is -2.10. The summed E-state index contributed by atoms with van der Waals surface area (Å²) in [7, 11) is 0. The van der Waals surface area contributed by atoms with E-state index >= 15 is 0 Å². The highest BCUT2D eigenvalue weighted by Gasteiger charge is 2.14. The second-order valence-corrected chi connectivity index (χ2v) is 4.80. The van der Waals surface area contributed by atoms with Crippen LogP contribution in [0.5, 0.6) is 5.75 Å². The Morgan fingerprint density at radius 1 is 1.32 bits per heavy atom. The zero-order valence-electron chi connectivity index (χ0n) is 11.1. The maximum Gasteiger partial charge on any atom is 0.238 e. The van der Waals surface area contributed by atoms with Crippen LogP contribution in [0.2, 0.25) is 0 Å². The molecule has 5 heteroatoms. The summed E-state index contributed by atoms with van der Waals surface area (Å²) in [6.45, 7) is 4.61. The predicted octanol–water partition coefficient (Wildman–Crippen LogP) is 2.88. The summed E-state index contributed by atoms with van der Waals surface area (Å²) in [5.41, 5.74) is 2.30. The number of aryl methyl sites for hydroxylation is 2. The summed E-state index contributed by atoms with van der Waals surface area (Å²) in [6.07, 6.45) is 2.15. The SMILES string of the molecule is Cc1nnc([C@H](C)Nc2ccc3c(c2)CCCO3)o1. The van der Waals surface area contributed by atoms with Gasteiger partial charge in [0.2, 0.25) is 11.8 Å². The smallest absolute Gasteiger partial charge is 0.238 e. The van der Waals surface area contributed by atoms with Crippen molar-refractivity contribution in [1.82, 2.24) is 10.2 Å². The van der Waals surface area contributed by atoms with Crippen molar-refractivity contribution in [3.05, 3.63) is 35.5 Å². The first-order valence-corrected chi connectivity index (χ1v) is 6.54. The van der Waals surface area contributed by atoms with Crippen molar-refractivity contribution >= 4 is 5.69 Å². The van der Waals surface area contributed by atoms with Gasteiger partial charge < -0.3 is 14.5 Å². The third-order valence-electron chi connectivity index (χ3n) is 3.20. The summed E-state index contributed by atoms with van der Waals surface area (Å²) >= 11 is 0. The first-order chi connectivity index (χ1) is 9.22. The van der Waals surface area contributed by atoms with E-state index in [1.807, 2.05) is 19.1 Å². The fourth-order valence-corrected chi connectivity index (χ4v) is 2.25. The number of fused-ring (bicyclic) bond motifs is 1. The molecule has 0 bridgehead atoms. The van der Waals surface area contributed by atoms with Crippen molar-refractivity contribution in [2.45, 2.75) is 32.7 Å². The van der Waals surface area contributed by atoms with Crippen molar-refractivity contribution in [3.8, 4) is 5.75 Å². The Bertz CT molecular complexity index is 580. The van der Waals surface area contributed by atoms with Crippen LogP contribution < -0.4 is 10.1 Å². The molecule has 19 heavy (non-hydrogen) atoms. The summed E-state index contributed by atoms with van der Waals surface area (Å²) in [5, 5.41) is 11.2. The Kier molecular flexibility index (Phi) is 3.11. The van der Waals surface area contributed by atoms with Crippen LogP contribution in [0.1, 0.15) is 36.7 Å². The van der Waals surface area contributed by atoms with E-state index in [0.29, 0.717) is 11.8 Å². The Balaban J connectivity index is 1.76. The molecule has 1 atom stereocenters. The van der Waals surface area contributed by atoms with E-state index in [4.69, 9.17) is 9.15 Å². The van der Waals surface area contributed by atoms with Gasteiger partial charge in [0.05, 0.1) is 6.61 Å². The molecule has 2 heterocycles. The molecule has 1 aliphatic heterocycles. The molecule has 0 radical (unpaired) electrons. The molecular formula is C14H17N3O2. The van der Waals surface area contributed by atoms with E-state index in [0.717, 1.165) is 30.9 Å². The molecule has 0 spiro atoms. The van der Waals surface area contributed by atoms with Crippen LogP contribution in [0.4, 0.5) is 5.69 Å². The van der Waals surface area contributed by atoms with E-state index < -0.39 is 0 Å². The fraction of sp³-hybridized carbons (Fsp3) is 0.429. The van der Waals surface area contributed by atoms with Gasteiger partial charge in [0.25, 0.3) is 0 Å². The Morgan fingerprint density at radius 3 is 3.00 bits per heavy atom. The standard InChI is InChI=1S/C14H17N3O2/c1-9(14-17-16-10(2)19-14)15-12-5-6-13-11(8-12)4-3-7-18-13/h5-6,8-9,15H,3-4,7H2,1-2H3/t9-/m0/s1. The number of hydrogen-bond donors (Lipinski definition) is 1. The van der Waals surface area contributed by atoms with Gasteiger partial charge in [-0.2, -0.15) is 0 Å². The fourth-order valence-electron chi connectivity index (χ4n) is 2.25. The van der Waals surface area contributed by atoms with Crippen LogP contribution in [-0.4, -0.2) is 16.8 Å². The molecule has 1 aromatic carbocycles. The quantitative estimate of drug-likeness (QED) is 0.918. The van der Waals surface area contributed by atoms with Crippen LogP contribution in [0.3, 0.4) is 0 Å². The van der Waals surface area contributed by atoms with Crippen LogP contribution >= 0.6 is 0 Å². The first kappa shape index (κ1) is 12.0. The molecule has 3 rings (SSSR count). The lowest BCUT2D eigenvalue weighted by Gasteiger charge is -2.19. The predicted molar refractivity (Wildman–Crippen MR) is 71.3 cm³/mol. The molecule has 2 aromatic rings. The number of nitrogens with zero attached hydrogens (tertiary/aromatic N) is 2. The van der Waals surface area contributed by atoms with Crippen LogP contribution in [0.15, 0.2) is 22.6 Å². The van der Waals surface area contributed by atoms with E-state index in [-0.39, 0.29) is 6.04 Å². The van der Waals surface area contributed by atoms with Crippen LogP contribution in [-0.2, 0) is 6.42 Å². The van der Waals surface area contributed by atoms with Gasteiger partial charge in [-0.05, 0) is 43.5 Å².